The Morgan fingerprint density at radius 1 is 1.21 bits per heavy atom. The molecule has 1 aromatic carbocycles. The monoisotopic (exact) mass is 330 g/mol. The van der Waals surface area contributed by atoms with E-state index >= 15 is 0 Å². The van der Waals surface area contributed by atoms with Crippen molar-refractivity contribution < 1.29 is 9.59 Å². The minimum atomic E-state index is -0.174. The number of likely N-dealkylation sites (tertiary alicyclic amines) is 1. The van der Waals surface area contributed by atoms with Gasteiger partial charge in [0.15, 0.2) is 5.78 Å². The van der Waals surface area contributed by atoms with E-state index in [2.05, 4.69) is 17.1 Å². The summed E-state index contributed by atoms with van der Waals surface area (Å²) in [5, 5.41) is 3.12. The average molecular weight is 330 g/mol. The fraction of sp³-hybridized carbons (Fsp3) is 0.600. The summed E-state index contributed by atoms with van der Waals surface area (Å²) in [6, 6.07) is 9.37. The first-order chi connectivity index (χ1) is 11.3. The fourth-order valence-corrected chi connectivity index (χ4v) is 3.08. The van der Waals surface area contributed by atoms with Crippen LogP contribution < -0.4 is 5.32 Å². The average Bonchev–Trinajstić information content (AvgIpc) is 2.61. The summed E-state index contributed by atoms with van der Waals surface area (Å²) in [5.74, 6) is 0.389. The smallest absolute Gasteiger partial charge is 0.237 e. The number of hydrogen-bond acceptors (Lipinski definition) is 3. The summed E-state index contributed by atoms with van der Waals surface area (Å²) < 4.78 is 0. The van der Waals surface area contributed by atoms with Crippen LogP contribution in [-0.2, 0) is 4.79 Å². The zero-order valence-electron chi connectivity index (χ0n) is 15.3. The van der Waals surface area contributed by atoms with Gasteiger partial charge in [0, 0.05) is 17.0 Å². The number of ketones is 1. The van der Waals surface area contributed by atoms with Crippen LogP contribution in [0.1, 0.15) is 57.3 Å². The Hall–Kier alpha value is -1.68. The van der Waals surface area contributed by atoms with Crippen molar-refractivity contribution in [3.63, 3.8) is 0 Å². The molecule has 1 aliphatic rings. The van der Waals surface area contributed by atoms with E-state index in [9.17, 15) is 9.59 Å². The van der Waals surface area contributed by atoms with E-state index in [0.717, 1.165) is 37.9 Å². The predicted octanol–water partition coefficient (Wildman–Crippen LogP) is 3.27. The van der Waals surface area contributed by atoms with Crippen LogP contribution in [0.3, 0.4) is 0 Å². The van der Waals surface area contributed by atoms with E-state index in [1.165, 1.54) is 0 Å². The summed E-state index contributed by atoms with van der Waals surface area (Å²) in [5.41, 5.74) is 0.624. The first-order valence-electron chi connectivity index (χ1n) is 8.99. The molecule has 0 radical (unpaired) electrons. The summed E-state index contributed by atoms with van der Waals surface area (Å²) in [6.45, 7) is 9.71. The van der Waals surface area contributed by atoms with Crippen molar-refractivity contribution in [3.8, 4) is 0 Å². The SMILES string of the molecule is CCC(C)(C)NC(=O)C(C)N1CCC(C(=O)c2ccccc2)CC1. The van der Waals surface area contributed by atoms with Gasteiger partial charge < -0.3 is 5.32 Å². The number of Topliss-reactive ketones (excluding diaryl/α,β-unsaturated/α-hetero) is 1. The van der Waals surface area contributed by atoms with E-state index in [1.807, 2.05) is 51.1 Å². The highest BCUT2D eigenvalue weighted by molar-refractivity contribution is 5.97. The molecule has 132 valence electrons. The lowest BCUT2D eigenvalue weighted by Crippen LogP contribution is -2.53. The first kappa shape index (κ1) is 18.7. The van der Waals surface area contributed by atoms with Crippen molar-refractivity contribution >= 4 is 11.7 Å². The molecule has 1 amide bonds. The molecule has 0 aromatic heterocycles. The molecule has 1 aromatic rings. The molecule has 1 heterocycles. The number of hydrogen-bond donors (Lipinski definition) is 1. The van der Waals surface area contributed by atoms with Crippen molar-refractivity contribution in [2.24, 2.45) is 5.92 Å². The second-order valence-electron chi connectivity index (χ2n) is 7.44. The molecule has 0 saturated carbocycles. The molecular formula is C20H30N2O2. The van der Waals surface area contributed by atoms with Crippen molar-refractivity contribution in [2.45, 2.75) is 58.5 Å². The molecule has 0 bridgehead atoms. The van der Waals surface area contributed by atoms with Crippen LogP contribution in [0.5, 0.6) is 0 Å². The van der Waals surface area contributed by atoms with Gasteiger partial charge in [-0.05, 0) is 53.1 Å². The third-order valence-corrected chi connectivity index (χ3v) is 5.23. The molecule has 1 fully saturated rings. The summed E-state index contributed by atoms with van der Waals surface area (Å²) in [6.07, 6.45) is 2.55. The van der Waals surface area contributed by atoms with Crippen molar-refractivity contribution in [3.05, 3.63) is 35.9 Å². The number of benzene rings is 1. The summed E-state index contributed by atoms with van der Waals surface area (Å²) in [4.78, 5) is 27.2. The zero-order valence-corrected chi connectivity index (χ0v) is 15.3. The van der Waals surface area contributed by atoms with Crippen molar-refractivity contribution in [2.75, 3.05) is 13.1 Å². The fourth-order valence-electron chi connectivity index (χ4n) is 3.08. The van der Waals surface area contributed by atoms with Crippen LogP contribution in [0.25, 0.3) is 0 Å². The van der Waals surface area contributed by atoms with Crippen LogP contribution in [-0.4, -0.2) is 41.3 Å². The quantitative estimate of drug-likeness (QED) is 0.814. The Labute approximate surface area is 145 Å². The van der Waals surface area contributed by atoms with Gasteiger partial charge in [-0.3, -0.25) is 14.5 Å². The van der Waals surface area contributed by atoms with Gasteiger partial charge in [-0.25, -0.2) is 0 Å². The van der Waals surface area contributed by atoms with Gasteiger partial charge in [-0.15, -0.1) is 0 Å². The lowest BCUT2D eigenvalue weighted by molar-refractivity contribution is -0.128. The number of carbonyl (C=O) groups excluding carboxylic acids is 2. The number of piperidine rings is 1. The van der Waals surface area contributed by atoms with Gasteiger partial charge in [-0.2, -0.15) is 0 Å². The first-order valence-corrected chi connectivity index (χ1v) is 8.99. The summed E-state index contributed by atoms with van der Waals surface area (Å²) >= 11 is 0. The molecule has 1 saturated heterocycles. The molecule has 1 aliphatic heterocycles. The highest BCUT2D eigenvalue weighted by atomic mass is 16.2. The van der Waals surface area contributed by atoms with Crippen LogP contribution in [0.4, 0.5) is 0 Å². The Kier molecular flexibility index (Phi) is 6.16. The van der Waals surface area contributed by atoms with E-state index < -0.39 is 0 Å². The van der Waals surface area contributed by atoms with Crippen LogP contribution >= 0.6 is 0 Å². The second-order valence-corrected chi connectivity index (χ2v) is 7.44. The lowest BCUT2D eigenvalue weighted by Gasteiger charge is -2.36. The molecule has 1 atom stereocenters. The third kappa shape index (κ3) is 4.67. The van der Waals surface area contributed by atoms with E-state index in [4.69, 9.17) is 0 Å². The number of carbonyl (C=O) groups is 2. The van der Waals surface area contributed by atoms with Gasteiger partial charge in [0.1, 0.15) is 0 Å². The largest absolute Gasteiger partial charge is 0.350 e. The Morgan fingerprint density at radius 2 is 1.79 bits per heavy atom. The van der Waals surface area contributed by atoms with Gasteiger partial charge in [0.2, 0.25) is 5.91 Å². The molecule has 0 spiro atoms. The van der Waals surface area contributed by atoms with Crippen LogP contribution in [0.2, 0.25) is 0 Å². The number of amides is 1. The van der Waals surface area contributed by atoms with Crippen LogP contribution in [0.15, 0.2) is 30.3 Å². The zero-order chi connectivity index (χ0) is 17.7. The van der Waals surface area contributed by atoms with Gasteiger partial charge in [0.25, 0.3) is 0 Å². The lowest BCUT2D eigenvalue weighted by atomic mass is 9.88. The van der Waals surface area contributed by atoms with E-state index in [1.54, 1.807) is 0 Å². The standard InChI is InChI=1S/C20H30N2O2/c1-5-20(3,4)21-19(24)15(2)22-13-11-17(12-14-22)18(23)16-9-7-6-8-10-16/h6-10,15,17H,5,11-14H2,1-4H3,(H,21,24). The third-order valence-electron chi connectivity index (χ3n) is 5.23. The Morgan fingerprint density at radius 3 is 2.33 bits per heavy atom. The predicted molar refractivity (Wildman–Crippen MR) is 97.0 cm³/mol. The maximum atomic E-state index is 12.5. The minimum Gasteiger partial charge on any atom is -0.350 e. The van der Waals surface area contributed by atoms with E-state index in [0.29, 0.717) is 0 Å². The van der Waals surface area contributed by atoms with E-state index in [-0.39, 0.29) is 29.2 Å². The molecule has 4 heteroatoms. The summed E-state index contributed by atoms with van der Waals surface area (Å²) in [7, 11) is 0. The van der Waals surface area contributed by atoms with Gasteiger partial charge in [-0.1, -0.05) is 37.3 Å². The second kappa shape index (κ2) is 7.93. The number of nitrogens with one attached hydrogen (secondary N) is 1. The van der Waals surface area contributed by atoms with Crippen molar-refractivity contribution in [1.29, 1.82) is 0 Å². The van der Waals surface area contributed by atoms with Crippen LogP contribution in [0, 0.1) is 5.92 Å². The highest BCUT2D eigenvalue weighted by Crippen LogP contribution is 2.23. The number of nitrogens with zero attached hydrogens (tertiary/aromatic N) is 1. The molecule has 2 rings (SSSR count). The highest BCUT2D eigenvalue weighted by Gasteiger charge is 2.31. The molecule has 1 N–H and O–H groups in total. The maximum Gasteiger partial charge on any atom is 0.237 e. The van der Waals surface area contributed by atoms with Gasteiger partial charge >= 0.3 is 0 Å². The van der Waals surface area contributed by atoms with Crippen molar-refractivity contribution in [1.82, 2.24) is 10.2 Å². The molecule has 1 unspecified atom stereocenters. The molecule has 24 heavy (non-hydrogen) atoms. The topological polar surface area (TPSA) is 49.4 Å². The maximum absolute atomic E-state index is 12.5. The Balaban J connectivity index is 1.88. The molecule has 4 nitrogen and oxygen atoms in total. The number of rotatable bonds is 6. The van der Waals surface area contributed by atoms with Gasteiger partial charge in [0.05, 0.1) is 6.04 Å². The Bertz CT molecular complexity index is 560. The molecular weight excluding hydrogens is 300 g/mol. The normalized spacial score (nSPS) is 18.2. The minimum absolute atomic E-state index is 0.0750. The molecule has 0 aliphatic carbocycles.